The topological polar surface area (TPSA) is 52.3 Å². The van der Waals surface area contributed by atoms with Crippen LogP contribution >= 0.6 is 0 Å². The van der Waals surface area contributed by atoms with Gasteiger partial charge in [-0.05, 0) is 30.7 Å². The van der Waals surface area contributed by atoms with Crippen LogP contribution < -0.4 is 10.5 Å². The highest BCUT2D eigenvalue weighted by atomic mass is 16.5. The summed E-state index contributed by atoms with van der Waals surface area (Å²) in [5, 5.41) is 0. The van der Waals surface area contributed by atoms with Gasteiger partial charge in [0.25, 0.3) is 0 Å². The van der Waals surface area contributed by atoms with E-state index in [0.717, 1.165) is 11.3 Å². The lowest BCUT2D eigenvalue weighted by molar-refractivity contribution is 0.1000. The highest BCUT2D eigenvalue weighted by Crippen LogP contribution is 2.17. The van der Waals surface area contributed by atoms with Gasteiger partial charge in [-0.15, -0.1) is 0 Å². The second-order valence-electron chi connectivity index (χ2n) is 2.55. The molecule has 0 aliphatic carbocycles. The number of nitrogens with two attached hydrogens (primary N) is 1. The van der Waals surface area contributed by atoms with Gasteiger partial charge in [0.2, 0.25) is 5.91 Å². The predicted octanol–water partition coefficient (Wildman–Crippen LogP) is 2.13. The van der Waals surface area contributed by atoms with Gasteiger partial charge in [0, 0.05) is 5.56 Å². The second-order valence-corrected chi connectivity index (χ2v) is 2.55. The van der Waals surface area contributed by atoms with Gasteiger partial charge in [-0.1, -0.05) is 13.8 Å². The highest BCUT2D eigenvalue weighted by molar-refractivity contribution is 5.93. The minimum Gasteiger partial charge on any atom is -0.496 e. The average molecular weight is 195 g/mol. The molecule has 0 atom stereocenters. The molecule has 1 aromatic carbocycles. The monoisotopic (exact) mass is 195 g/mol. The smallest absolute Gasteiger partial charge is 0.248 e. The van der Waals surface area contributed by atoms with E-state index in [4.69, 9.17) is 10.5 Å². The normalized spacial score (nSPS) is 8.57. The van der Waals surface area contributed by atoms with Crippen LogP contribution in [0.4, 0.5) is 0 Å². The Morgan fingerprint density at radius 3 is 2.29 bits per heavy atom. The molecule has 1 amide bonds. The molecule has 0 aromatic heterocycles. The summed E-state index contributed by atoms with van der Waals surface area (Å²) >= 11 is 0. The zero-order valence-corrected chi connectivity index (χ0v) is 9.13. The van der Waals surface area contributed by atoms with Crippen LogP contribution in [0.5, 0.6) is 5.75 Å². The minimum atomic E-state index is -0.416. The number of carbonyl (C=O) groups excluding carboxylic acids is 1. The average Bonchev–Trinajstić information content (AvgIpc) is 2.20. The van der Waals surface area contributed by atoms with E-state index in [9.17, 15) is 4.79 Å². The number of hydrogen-bond acceptors (Lipinski definition) is 2. The number of aryl methyl sites for hydroxylation is 1. The van der Waals surface area contributed by atoms with Crippen molar-refractivity contribution in [2.24, 2.45) is 5.73 Å². The number of methoxy groups -OCH3 is 1. The maximum absolute atomic E-state index is 10.7. The zero-order chi connectivity index (χ0) is 11.1. The Balaban J connectivity index is 0.000000791. The molecule has 0 radical (unpaired) electrons. The third-order valence-corrected chi connectivity index (χ3v) is 1.68. The van der Waals surface area contributed by atoms with E-state index in [2.05, 4.69) is 0 Å². The summed E-state index contributed by atoms with van der Waals surface area (Å²) in [6, 6.07) is 5.09. The van der Waals surface area contributed by atoms with Crippen LogP contribution in [0.3, 0.4) is 0 Å². The quantitative estimate of drug-likeness (QED) is 0.785. The molecular formula is C11H17NO2. The maximum Gasteiger partial charge on any atom is 0.248 e. The van der Waals surface area contributed by atoms with Crippen LogP contribution in [0.1, 0.15) is 29.8 Å². The highest BCUT2D eigenvalue weighted by Gasteiger charge is 2.02. The van der Waals surface area contributed by atoms with Crippen LogP contribution in [-0.2, 0) is 0 Å². The lowest BCUT2D eigenvalue weighted by Gasteiger charge is -2.04. The first-order valence-electron chi connectivity index (χ1n) is 4.59. The number of ether oxygens (including phenoxy) is 1. The Morgan fingerprint density at radius 1 is 1.36 bits per heavy atom. The number of hydrogen-bond donors (Lipinski definition) is 1. The lowest BCUT2D eigenvalue weighted by Crippen LogP contribution is -2.10. The molecule has 3 heteroatoms. The summed E-state index contributed by atoms with van der Waals surface area (Å²) < 4.78 is 5.03. The van der Waals surface area contributed by atoms with Crippen molar-refractivity contribution in [3.8, 4) is 5.75 Å². The van der Waals surface area contributed by atoms with Crippen LogP contribution in [0.25, 0.3) is 0 Å². The van der Waals surface area contributed by atoms with Gasteiger partial charge in [-0.3, -0.25) is 4.79 Å². The van der Waals surface area contributed by atoms with E-state index in [1.165, 1.54) is 0 Å². The lowest BCUT2D eigenvalue weighted by atomic mass is 10.1. The summed E-state index contributed by atoms with van der Waals surface area (Å²) in [4.78, 5) is 10.7. The molecule has 0 spiro atoms. The number of carbonyl (C=O) groups is 1. The Hall–Kier alpha value is -1.51. The van der Waals surface area contributed by atoms with E-state index < -0.39 is 5.91 Å². The zero-order valence-electron chi connectivity index (χ0n) is 9.13. The molecule has 0 unspecified atom stereocenters. The fourth-order valence-electron chi connectivity index (χ4n) is 1.03. The van der Waals surface area contributed by atoms with Crippen molar-refractivity contribution in [3.05, 3.63) is 29.3 Å². The van der Waals surface area contributed by atoms with E-state index >= 15 is 0 Å². The van der Waals surface area contributed by atoms with Crippen LogP contribution in [0.15, 0.2) is 18.2 Å². The molecular weight excluding hydrogens is 178 g/mol. The predicted molar refractivity (Wildman–Crippen MR) is 57.6 cm³/mol. The molecule has 0 aliphatic rings. The van der Waals surface area contributed by atoms with Crippen LogP contribution in [0.2, 0.25) is 0 Å². The van der Waals surface area contributed by atoms with Crippen molar-refractivity contribution in [1.82, 2.24) is 0 Å². The van der Waals surface area contributed by atoms with E-state index in [1.54, 1.807) is 25.3 Å². The molecule has 0 saturated carbocycles. The fraction of sp³-hybridized carbons (Fsp3) is 0.364. The Labute approximate surface area is 84.9 Å². The molecule has 1 rings (SSSR count). The summed E-state index contributed by atoms with van der Waals surface area (Å²) in [7, 11) is 1.59. The van der Waals surface area contributed by atoms with Crippen molar-refractivity contribution in [2.75, 3.05) is 7.11 Å². The number of amides is 1. The molecule has 3 nitrogen and oxygen atoms in total. The first kappa shape index (κ1) is 12.5. The second kappa shape index (κ2) is 6.02. The van der Waals surface area contributed by atoms with Gasteiger partial charge in [-0.2, -0.15) is 0 Å². The molecule has 0 fully saturated rings. The molecule has 2 N–H and O–H groups in total. The third kappa shape index (κ3) is 3.09. The Morgan fingerprint density at radius 2 is 1.93 bits per heavy atom. The maximum atomic E-state index is 10.7. The van der Waals surface area contributed by atoms with E-state index in [1.807, 2.05) is 20.8 Å². The molecule has 0 aliphatic heterocycles. The summed E-state index contributed by atoms with van der Waals surface area (Å²) in [6.45, 7) is 5.87. The molecule has 0 saturated heterocycles. The third-order valence-electron chi connectivity index (χ3n) is 1.68. The first-order chi connectivity index (χ1) is 6.65. The van der Waals surface area contributed by atoms with Crippen molar-refractivity contribution < 1.29 is 9.53 Å². The van der Waals surface area contributed by atoms with Crippen LogP contribution in [-0.4, -0.2) is 13.0 Å². The fourth-order valence-corrected chi connectivity index (χ4v) is 1.03. The van der Waals surface area contributed by atoms with Crippen LogP contribution in [0, 0.1) is 6.92 Å². The SMILES string of the molecule is CC.COc1ccc(C(N)=O)cc1C. The number of primary amides is 1. The molecule has 1 aromatic rings. The summed E-state index contributed by atoms with van der Waals surface area (Å²) in [5.74, 6) is 0.348. The van der Waals surface area contributed by atoms with Gasteiger partial charge in [0.15, 0.2) is 0 Å². The van der Waals surface area contributed by atoms with E-state index in [0.29, 0.717) is 5.56 Å². The molecule has 0 heterocycles. The standard InChI is InChI=1S/C9H11NO2.C2H6/c1-6-5-7(9(10)11)3-4-8(6)12-2;1-2/h3-5H,1-2H3,(H2,10,11);1-2H3. The van der Waals surface area contributed by atoms with Crippen molar-refractivity contribution in [3.63, 3.8) is 0 Å². The van der Waals surface area contributed by atoms with Gasteiger partial charge >= 0.3 is 0 Å². The van der Waals surface area contributed by atoms with E-state index in [-0.39, 0.29) is 0 Å². The Bertz CT molecular complexity index is 308. The van der Waals surface area contributed by atoms with Gasteiger partial charge in [0.1, 0.15) is 5.75 Å². The largest absolute Gasteiger partial charge is 0.496 e. The number of rotatable bonds is 2. The van der Waals surface area contributed by atoms with Crippen molar-refractivity contribution in [1.29, 1.82) is 0 Å². The Kier molecular flexibility index (Phi) is 5.37. The minimum absolute atomic E-state index is 0.416. The molecule has 14 heavy (non-hydrogen) atoms. The summed E-state index contributed by atoms with van der Waals surface area (Å²) in [5.41, 5.74) is 6.51. The molecule has 0 bridgehead atoms. The van der Waals surface area contributed by atoms with Gasteiger partial charge in [-0.25, -0.2) is 0 Å². The molecule has 78 valence electrons. The number of benzene rings is 1. The van der Waals surface area contributed by atoms with Crippen molar-refractivity contribution in [2.45, 2.75) is 20.8 Å². The summed E-state index contributed by atoms with van der Waals surface area (Å²) in [6.07, 6.45) is 0. The van der Waals surface area contributed by atoms with Gasteiger partial charge < -0.3 is 10.5 Å². The van der Waals surface area contributed by atoms with Crippen molar-refractivity contribution >= 4 is 5.91 Å². The first-order valence-corrected chi connectivity index (χ1v) is 4.59. The van der Waals surface area contributed by atoms with Gasteiger partial charge in [0.05, 0.1) is 7.11 Å².